The fraction of sp³-hybridized carbons (Fsp3) is 0.583. The Kier molecular flexibility index (Phi) is 2.23. The van der Waals surface area contributed by atoms with E-state index in [1.165, 1.54) is 19.3 Å². The van der Waals surface area contributed by atoms with Gasteiger partial charge in [-0.2, -0.15) is 0 Å². The summed E-state index contributed by atoms with van der Waals surface area (Å²) in [6.07, 6.45) is 4.92. The highest BCUT2D eigenvalue weighted by atomic mass is 79.9. The molecule has 0 spiro atoms. The highest BCUT2D eigenvalue weighted by Crippen LogP contribution is 2.49. The van der Waals surface area contributed by atoms with Crippen LogP contribution in [0.3, 0.4) is 0 Å². The number of rotatable bonds is 2. The van der Waals surface area contributed by atoms with Crippen molar-refractivity contribution in [3.8, 4) is 0 Å². The highest BCUT2D eigenvalue weighted by molar-refractivity contribution is 9.10. The smallest absolute Gasteiger partial charge is 0.201 e. The van der Waals surface area contributed by atoms with Crippen LogP contribution in [0.25, 0.3) is 0 Å². The molecule has 1 heterocycles. The van der Waals surface area contributed by atoms with Gasteiger partial charge in [0.25, 0.3) is 0 Å². The minimum Gasteiger partial charge on any atom is -0.446 e. The second-order valence-electron chi connectivity index (χ2n) is 4.75. The maximum atomic E-state index is 12.1. The molecule has 3 rings (SSSR count). The summed E-state index contributed by atoms with van der Waals surface area (Å²) >= 11 is 3.23. The lowest BCUT2D eigenvalue weighted by molar-refractivity contribution is 0.0844. The molecular weight excluding hydrogens is 256 g/mol. The first-order valence-corrected chi connectivity index (χ1v) is 6.33. The molecule has 0 amide bonds. The summed E-state index contributed by atoms with van der Waals surface area (Å²) in [6, 6.07) is 3.57. The zero-order chi connectivity index (χ0) is 10.4. The third-order valence-corrected chi connectivity index (χ3v) is 4.32. The molecule has 2 bridgehead atoms. The van der Waals surface area contributed by atoms with Gasteiger partial charge in [-0.05, 0) is 59.2 Å². The van der Waals surface area contributed by atoms with E-state index in [-0.39, 0.29) is 11.7 Å². The molecule has 2 fully saturated rings. The first-order chi connectivity index (χ1) is 7.24. The van der Waals surface area contributed by atoms with Crippen LogP contribution in [0, 0.1) is 17.8 Å². The van der Waals surface area contributed by atoms with Gasteiger partial charge < -0.3 is 4.42 Å². The van der Waals surface area contributed by atoms with Crippen LogP contribution in [0.1, 0.15) is 36.2 Å². The molecule has 3 atom stereocenters. The predicted molar refractivity (Wildman–Crippen MR) is 59.7 cm³/mol. The molecule has 0 saturated heterocycles. The van der Waals surface area contributed by atoms with Crippen molar-refractivity contribution < 1.29 is 9.21 Å². The average Bonchev–Trinajstić information content (AvgIpc) is 2.90. The Morgan fingerprint density at radius 1 is 1.33 bits per heavy atom. The standard InChI is InChI=1S/C12H13BrO2/c13-11-4-3-10(15-11)12(14)9-6-7-1-2-8(9)5-7/h3-4,7-9H,1-2,5-6H2. The monoisotopic (exact) mass is 268 g/mol. The van der Waals surface area contributed by atoms with Gasteiger partial charge in [-0.1, -0.05) is 6.42 Å². The van der Waals surface area contributed by atoms with Crippen molar-refractivity contribution in [2.75, 3.05) is 0 Å². The van der Waals surface area contributed by atoms with Crippen LogP contribution in [0.15, 0.2) is 21.2 Å². The lowest BCUT2D eigenvalue weighted by Gasteiger charge is -2.18. The summed E-state index contributed by atoms with van der Waals surface area (Å²) in [5.74, 6) is 2.42. The van der Waals surface area contributed by atoms with E-state index in [1.54, 1.807) is 12.1 Å². The van der Waals surface area contributed by atoms with Crippen LogP contribution < -0.4 is 0 Å². The largest absolute Gasteiger partial charge is 0.446 e. The molecule has 0 aromatic carbocycles. The highest BCUT2D eigenvalue weighted by Gasteiger charge is 2.43. The second kappa shape index (κ2) is 3.48. The van der Waals surface area contributed by atoms with Crippen LogP contribution >= 0.6 is 15.9 Å². The molecule has 3 heteroatoms. The normalized spacial score (nSPS) is 33.5. The molecule has 15 heavy (non-hydrogen) atoms. The maximum absolute atomic E-state index is 12.1. The zero-order valence-corrected chi connectivity index (χ0v) is 10.00. The van der Waals surface area contributed by atoms with Gasteiger partial charge in [-0.15, -0.1) is 0 Å². The number of ketones is 1. The van der Waals surface area contributed by atoms with E-state index in [9.17, 15) is 4.79 Å². The number of hydrogen-bond donors (Lipinski definition) is 0. The SMILES string of the molecule is O=C(c1ccc(Br)o1)C1CC2CCC1C2. The van der Waals surface area contributed by atoms with Crippen molar-refractivity contribution >= 4 is 21.7 Å². The van der Waals surface area contributed by atoms with Gasteiger partial charge in [0.2, 0.25) is 5.78 Å². The van der Waals surface area contributed by atoms with E-state index in [2.05, 4.69) is 15.9 Å². The Morgan fingerprint density at radius 3 is 2.73 bits per heavy atom. The molecule has 1 aromatic heterocycles. The predicted octanol–water partition coefficient (Wildman–Crippen LogP) is 3.66. The van der Waals surface area contributed by atoms with Crippen LogP contribution in [0.5, 0.6) is 0 Å². The van der Waals surface area contributed by atoms with E-state index in [0.717, 1.165) is 12.3 Å². The lowest BCUT2D eigenvalue weighted by Crippen LogP contribution is -2.20. The Bertz CT molecular complexity index is 396. The summed E-state index contributed by atoms with van der Waals surface area (Å²) in [5.41, 5.74) is 0. The molecular formula is C12H13BrO2. The Labute approximate surface area is 97.2 Å². The number of carbonyl (C=O) groups is 1. The maximum Gasteiger partial charge on any atom is 0.201 e. The summed E-state index contributed by atoms with van der Waals surface area (Å²) in [4.78, 5) is 12.1. The van der Waals surface area contributed by atoms with Crippen molar-refractivity contribution in [1.29, 1.82) is 0 Å². The lowest BCUT2D eigenvalue weighted by atomic mass is 9.85. The minimum absolute atomic E-state index is 0.216. The number of hydrogen-bond acceptors (Lipinski definition) is 2. The van der Waals surface area contributed by atoms with Gasteiger partial charge in [0.1, 0.15) is 0 Å². The van der Waals surface area contributed by atoms with Crippen molar-refractivity contribution in [3.63, 3.8) is 0 Å². The summed E-state index contributed by atoms with van der Waals surface area (Å²) in [7, 11) is 0. The quantitative estimate of drug-likeness (QED) is 0.767. The van der Waals surface area contributed by atoms with Crippen molar-refractivity contribution in [2.45, 2.75) is 25.7 Å². The van der Waals surface area contributed by atoms with Gasteiger partial charge in [-0.25, -0.2) is 0 Å². The Morgan fingerprint density at radius 2 is 2.20 bits per heavy atom. The number of furan rings is 1. The van der Waals surface area contributed by atoms with E-state index in [1.807, 2.05) is 0 Å². The van der Waals surface area contributed by atoms with Crippen molar-refractivity contribution in [3.05, 3.63) is 22.6 Å². The van der Waals surface area contributed by atoms with E-state index in [0.29, 0.717) is 16.3 Å². The molecule has 0 radical (unpaired) electrons. The van der Waals surface area contributed by atoms with Gasteiger partial charge in [0.05, 0.1) is 0 Å². The van der Waals surface area contributed by atoms with Crippen LogP contribution in [-0.2, 0) is 0 Å². The molecule has 0 aliphatic heterocycles. The zero-order valence-electron chi connectivity index (χ0n) is 8.41. The molecule has 1 aromatic rings. The summed E-state index contributed by atoms with van der Waals surface area (Å²) in [5, 5.41) is 0. The molecule has 2 saturated carbocycles. The minimum atomic E-state index is 0.216. The molecule has 80 valence electrons. The number of halogens is 1. The fourth-order valence-electron chi connectivity index (χ4n) is 3.20. The van der Waals surface area contributed by atoms with Crippen molar-refractivity contribution in [1.82, 2.24) is 0 Å². The molecule has 0 N–H and O–H groups in total. The van der Waals surface area contributed by atoms with Gasteiger partial charge in [0, 0.05) is 5.92 Å². The van der Waals surface area contributed by atoms with Crippen LogP contribution in [0.2, 0.25) is 0 Å². The van der Waals surface area contributed by atoms with Crippen LogP contribution in [-0.4, -0.2) is 5.78 Å². The van der Waals surface area contributed by atoms with Gasteiger partial charge in [0.15, 0.2) is 10.4 Å². The molecule has 3 unspecified atom stereocenters. The molecule has 2 nitrogen and oxygen atoms in total. The second-order valence-corrected chi connectivity index (χ2v) is 5.53. The molecule has 2 aliphatic carbocycles. The number of fused-ring (bicyclic) bond motifs is 2. The van der Waals surface area contributed by atoms with Gasteiger partial charge >= 0.3 is 0 Å². The van der Waals surface area contributed by atoms with E-state index < -0.39 is 0 Å². The fourth-order valence-corrected chi connectivity index (χ4v) is 3.50. The van der Waals surface area contributed by atoms with Gasteiger partial charge in [-0.3, -0.25) is 4.79 Å². The third-order valence-electron chi connectivity index (χ3n) is 3.89. The summed E-state index contributed by atoms with van der Waals surface area (Å²) < 4.78 is 5.98. The first kappa shape index (κ1) is 9.64. The first-order valence-electron chi connectivity index (χ1n) is 5.53. The third kappa shape index (κ3) is 1.57. The van der Waals surface area contributed by atoms with Crippen molar-refractivity contribution in [2.24, 2.45) is 17.8 Å². The van der Waals surface area contributed by atoms with E-state index in [4.69, 9.17) is 4.42 Å². The number of Topliss-reactive ketones (excluding diaryl/α,β-unsaturated/α-hetero) is 1. The van der Waals surface area contributed by atoms with E-state index >= 15 is 0 Å². The average molecular weight is 269 g/mol. The Balaban J connectivity index is 1.81. The van der Waals surface area contributed by atoms with Crippen LogP contribution in [0.4, 0.5) is 0 Å². The number of carbonyl (C=O) groups excluding carboxylic acids is 1. The topological polar surface area (TPSA) is 30.2 Å². The molecule has 2 aliphatic rings. The Hall–Kier alpha value is -0.570. The summed E-state index contributed by atoms with van der Waals surface area (Å²) in [6.45, 7) is 0.